The van der Waals surface area contributed by atoms with E-state index in [0.717, 1.165) is 0 Å². The molecule has 0 fully saturated rings. The molecule has 0 spiro atoms. The number of aryl methyl sites for hydroxylation is 2. The summed E-state index contributed by atoms with van der Waals surface area (Å²) in [5.41, 5.74) is 2.70. The van der Waals surface area contributed by atoms with Gasteiger partial charge in [0, 0.05) is 0 Å². The van der Waals surface area contributed by atoms with Crippen LogP contribution in [0.4, 0.5) is 0 Å². The van der Waals surface area contributed by atoms with E-state index in [2.05, 4.69) is 74.5 Å². The maximum absolute atomic E-state index is 2.30. The van der Waals surface area contributed by atoms with Gasteiger partial charge in [-0.3, -0.25) is 0 Å². The summed E-state index contributed by atoms with van der Waals surface area (Å²) >= 11 is 0. The molecule has 0 radical (unpaired) electrons. The predicted octanol–water partition coefficient (Wildman–Crippen LogP) is 5.76. The highest BCUT2D eigenvalue weighted by atomic mass is 14.1. The highest BCUT2D eigenvalue weighted by molar-refractivity contribution is 6.19. The second-order valence-electron chi connectivity index (χ2n) is 5.57. The maximum atomic E-state index is 2.30. The fraction of sp³-hybridized carbons (Fsp3) is 0.100. The van der Waals surface area contributed by atoms with E-state index in [1.54, 1.807) is 0 Å². The van der Waals surface area contributed by atoms with E-state index in [4.69, 9.17) is 0 Å². The average molecular weight is 256 g/mol. The summed E-state index contributed by atoms with van der Waals surface area (Å²) in [6.45, 7) is 4.40. The highest BCUT2D eigenvalue weighted by Gasteiger charge is 2.08. The summed E-state index contributed by atoms with van der Waals surface area (Å²) in [7, 11) is 0. The van der Waals surface area contributed by atoms with Crippen molar-refractivity contribution in [3.05, 3.63) is 71.8 Å². The van der Waals surface area contributed by atoms with Crippen LogP contribution in [0.2, 0.25) is 0 Å². The lowest BCUT2D eigenvalue weighted by Gasteiger charge is -2.12. The summed E-state index contributed by atoms with van der Waals surface area (Å²) < 4.78 is 0. The van der Waals surface area contributed by atoms with E-state index < -0.39 is 0 Å². The fourth-order valence-electron chi connectivity index (χ4n) is 3.34. The largest absolute Gasteiger partial charge is 0.0616 e. The second kappa shape index (κ2) is 4.08. The third-order valence-corrected chi connectivity index (χ3v) is 4.30. The van der Waals surface area contributed by atoms with Gasteiger partial charge < -0.3 is 0 Å². The molecule has 0 unspecified atom stereocenters. The van der Waals surface area contributed by atoms with Gasteiger partial charge in [-0.15, -0.1) is 0 Å². The molecule has 0 bridgehead atoms. The van der Waals surface area contributed by atoms with Crippen molar-refractivity contribution < 1.29 is 0 Å². The zero-order valence-corrected chi connectivity index (χ0v) is 11.8. The molecule has 96 valence electrons. The van der Waals surface area contributed by atoms with Crippen LogP contribution in [0.1, 0.15) is 11.1 Å². The molecule has 4 aromatic carbocycles. The number of fused-ring (bicyclic) bond motifs is 5. The second-order valence-corrected chi connectivity index (χ2v) is 5.57. The van der Waals surface area contributed by atoms with Crippen molar-refractivity contribution in [3.63, 3.8) is 0 Å². The first-order valence-corrected chi connectivity index (χ1v) is 7.06. The van der Waals surface area contributed by atoms with Crippen molar-refractivity contribution in [2.45, 2.75) is 13.8 Å². The molecule has 0 saturated heterocycles. The minimum absolute atomic E-state index is 1.32. The number of rotatable bonds is 0. The molecular weight excluding hydrogens is 240 g/mol. The first kappa shape index (κ1) is 11.5. The first-order chi connectivity index (χ1) is 9.75. The monoisotopic (exact) mass is 256 g/mol. The van der Waals surface area contributed by atoms with Gasteiger partial charge in [-0.05, 0) is 57.3 Å². The Labute approximate surface area is 118 Å². The Kier molecular flexibility index (Phi) is 2.34. The molecule has 0 nitrogen and oxygen atoms in total. The van der Waals surface area contributed by atoms with Gasteiger partial charge in [-0.1, -0.05) is 60.7 Å². The van der Waals surface area contributed by atoms with Crippen LogP contribution in [0.25, 0.3) is 32.3 Å². The van der Waals surface area contributed by atoms with E-state index in [0.29, 0.717) is 0 Å². The van der Waals surface area contributed by atoms with Crippen LogP contribution in [-0.4, -0.2) is 0 Å². The molecule has 4 rings (SSSR count). The Hall–Kier alpha value is -2.34. The van der Waals surface area contributed by atoms with Crippen LogP contribution >= 0.6 is 0 Å². The smallest absolute Gasteiger partial charge is 0.00696 e. The molecule has 0 N–H and O–H groups in total. The Bertz CT molecular complexity index is 962. The van der Waals surface area contributed by atoms with E-state index in [-0.39, 0.29) is 0 Å². The molecule has 0 aliphatic carbocycles. The Morgan fingerprint density at radius 3 is 2.15 bits per heavy atom. The molecular formula is C20H16. The first-order valence-electron chi connectivity index (χ1n) is 7.06. The van der Waals surface area contributed by atoms with Crippen molar-refractivity contribution in [2.24, 2.45) is 0 Å². The molecule has 0 aliphatic rings. The molecule has 0 amide bonds. The average Bonchev–Trinajstić information content (AvgIpc) is 2.47. The van der Waals surface area contributed by atoms with Gasteiger partial charge in [0.1, 0.15) is 0 Å². The fourth-order valence-corrected chi connectivity index (χ4v) is 3.34. The van der Waals surface area contributed by atoms with Gasteiger partial charge in [0.15, 0.2) is 0 Å². The van der Waals surface area contributed by atoms with Crippen LogP contribution in [0.5, 0.6) is 0 Å². The minimum atomic E-state index is 1.32. The third kappa shape index (κ3) is 1.48. The topological polar surface area (TPSA) is 0 Å². The molecule has 0 heteroatoms. The number of hydrogen-bond donors (Lipinski definition) is 0. The lowest BCUT2D eigenvalue weighted by Crippen LogP contribution is -1.86. The zero-order valence-electron chi connectivity index (χ0n) is 11.8. The molecule has 0 aromatic heterocycles. The van der Waals surface area contributed by atoms with Crippen LogP contribution in [0, 0.1) is 13.8 Å². The van der Waals surface area contributed by atoms with Gasteiger partial charge in [0.2, 0.25) is 0 Å². The van der Waals surface area contributed by atoms with Gasteiger partial charge in [0.05, 0.1) is 0 Å². The summed E-state index contributed by atoms with van der Waals surface area (Å²) in [5.74, 6) is 0. The predicted molar refractivity (Wildman–Crippen MR) is 88.4 cm³/mol. The van der Waals surface area contributed by atoms with Crippen molar-refractivity contribution in [1.82, 2.24) is 0 Å². The Morgan fingerprint density at radius 2 is 1.25 bits per heavy atom. The SMILES string of the molecule is Cc1cccc2c1ccc1c3ccccc3cc(C)c21. The van der Waals surface area contributed by atoms with Crippen molar-refractivity contribution >= 4 is 32.3 Å². The van der Waals surface area contributed by atoms with E-state index >= 15 is 0 Å². The van der Waals surface area contributed by atoms with Crippen LogP contribution in [-0.2, 0) is 0 Å². The van der Waals surface area contributed by atoms with Crippen molar-refractivity contribution in [3.8, 4) is 0 Å². The number of benzene rings is 4. The third-order valence-electron chi connectivity index (χ3n) is 4.30. The summed E-state index contributed by atoms with van der Waals surface area (Å²) in [4.78, 5) is 0. The van der Waals surface area contributed by atoms with Crippen LogP contribution < -0.4 is 0 Å². The van der Waals surface area contributed by atoms with Crippen LogP contribution in [0.3, 0.4) is 0 Å². The van der Waals surface area contributed by atoms with E-state index in [9.17, 15) is 0 Å². The molecule has 0 atom stereocenters. The Morgan fingerprint density at radius 1 is 0.550 bits per heavy atom. The van der Waals surface area contributed by atoms with E-state index in [1.807, 2.05) is 0 Å². The summed E-state index contributed by atoms with van der Waals surface area (Å²) in [6, 6.07) is 22.1. The normalized spacial score (nSPS) is 11.5. The zero-order chi connectivity index (χ0) is 13.7. The molecule has 0 heterocycles. The summed E-state index contributed by atoms with van der Waals surface area (Å²) in [5, 5.41) is 8.15. The summed E-state index contributed by atoms with van der Waals surface area (Å²) in [6.07, 6.45) is 0. The van der Waals surface area contributed by atoms with Gasteiger partial charge in [-0.25, -0.2) is 0 Å². The molecule has 20 heavy (non-hydrogen) atoms. The van der Waals surface area contributed by atoms with Gasteiger partial charge in [-0.2, -0.15) is 0 Å². The molecule has 0 aliphatic heterocycles. The lowest BCUT2D eigenvalue weighted by molar-refractivity contribution is 1.53. The molecule has 0 saturated carbocycles. The molecule has 4 aromatic rings. The lowest BCUT2D eigenvalue weighted by atomic mass is 9.92. The van der Waals surface area contributed by atoms with Gasteiger partial charge >= 0.3 is 0 Å². The highest BCUT2D eigenvalue weighted by Crippen LogP contribution is 2.34. The minimum Gasteiger partial charge on any atom is -0.0616 e. The van der Waals surface area contributed by atoms with Crippen molar-refractivity contribution in [2.75, 3.05) is 0 Å². The maximum Gasteiger partial charge on any atom is -0.00696 e. The standard InChI is InChI=1S/C20H16/c1-13-6-5-9-18-16(13)10-11-19-17-8-4-3-7-15(17)12-14(2)20(18)19/h3-12H,1-2H3. The van der Waals surface area contributed by atoms with Gasteiger partial charge in [0.25, 0.3) is 0 Å². The van der Waals surface area contributed by atoms with Crippen molar-refractivity contribution in [1.29, 1.82) is 0 Å². The quantitative estimate of drug-likeness (QED) is 0.351. The Balaban J connectivity index is 2.34. The van der Waals surface area contributed by atoms with Crippen LogP contribution in [0.15, 0.2) is 60.7 Å². The van der Waals surface area contributed by atoms with E-state index in [1.165, 1.54) is 43.4 Å². The number of hydrogen-bond acceptors (Lipinski definition) is 0.